The molecule has 2 heteroatoms. The van der Waals surface area contributed by atoms with Gasteiger partial charge in [0.2, 0.25) is 0 Å². The van der Waals surface area contributed by atoms with E-state index < -0.39 is 0 Å². The van der Waals surface area contributed by atoms with Gasteiger partial charge in [-0.15, -0.1) is 0 Å². The minimum absolute atomic E-state index is 1.02. The quantitative estimate of drug-likeness (QED) is 0.674. The average Bonchev–Trinajstić information content (AvgIpc) is 2.78. The van der Waals surface area contributed by atoms with Crippen molar-refractivity contribution in [3.8, 4) is 0 Å². The molecule has 2 nitrogen and oxygen atoms in total. The van der Waals surface area contributed by atoms with E-state index in [0.717, 1.165) is 17.8 Å². The summed E-state index contributed by atoms with van der Waals surface area (Å²) in [5, 5.41) is 3.64. The zero-order chi connectivity index (χ0) is 10.7. The summed E-state index contributed by atoms with van der Waals surface area (Å²) in [6.45, 7) is 3.70. The Morgan fingerprint density at radius 2 is 2.07 bits per heavy atom. The van der Waals surface area contributed by atoms with E-state index in [4.69, 9.17) is 0 Å². The molecule has 2 aliphatic rings. The molecule has 1 N–H and O–H groups in total. The number of hydrogen-bond acceptors (Lipinski definition) is 2. The molecule has 0 radical (unpaired) electrons. The molecular formula is C13H26N2. The molecule has 0 aliphatic heterocycles. The Morgan fingerprint density at radius 3 is 2.67 bits per heavy atom. The second-order valence-corrected chi connectivity index (χ2v) is 5.80. The highest BCUT2D eigenvalue weighted by Crippen LogP contribution is 2.47. The molecule has 2 rings (SSSR count). The van der Waals surface area contributed by atoms with Crippen molar-refractivity contribution in [3.05, 3.63) is 0 Å². The number of nitrogens with one attached hydrogen (secondary N) is 1. The summed E-state index contributed by atoms with van der Waals surface area (Å²) in [4.78, 5) is 2.26. The van der Waals surface area contributed by atoms with Crippen LogP contribution in [0.3, 0.4) is 0 Å². The first-order valence-electron chi connectivity index (χ1n) is 6.61. The number of hydrogen-bond donors (Lipinski definition) is 1. The van der Waals surface area contributed by atoms with Crippen LogP contribution in [0.1, 0.15) is 32.1 Å². The van der Waals surface area contributed by atoms with E-state index in [1.807, 2.05) is 0 Å². The molecule has 2 saturated carbocycles. The lowest BCUT2D eigenvalue weighted by Gasteiger charge is -2.22. The second-order valence-electron chi connectivity index (χ2n) is 5.80. The van der Waals surface area contributed by atoms with Gasteiger partial charge in [-0.3, -0.25) is 0 Å². The zero-order valence-electron chi connectivity index (χ0n) is 10.3. The molecule has 15 heavy (non-hydrogen) atoms. The topological polar surface area (TPSA) is 15.3 Å². The molecule has 2 fully saturated rings. The summed E-state index contributed by atoms with van der Waals surface area (Å²) >= 11 is 0. The van der Waals surface area contributed by atoms with Crippen molar-refractivity contribution in [1.82, 2.24) is 10.2 Å². The average molecular weight is 210 g/mol. The van der Waals surface area contributed by atoms with E-state index in [1.165, 1.54) is 45.3 Å². The minimum Gasteiger partial charge on any atom is -0.316 e. The van der Waals surface area contributed by atoms with Gasteiger partial charge in [-0.05, 0) is 77.2 Å². The summed E-state index contributed by atoms with van der Waals surface area (Å²) in [5.41, 5.74) is 0. The maximum absolute atomic E-state index is 3.64. The molecule has 3 atom stereocenters. The van der Waals surface area contributed by atoms with Crippen molar-refractivity contribution in [2.24, 2.45) is 17.8 Å². The first-order chi connectivity index (χ1) is 7.25. The van der Waals surface area contributed by atoms with Crippen LogP contribution in [0, 0.1) is 17.8 Å². The Kier molecular flexibility index (Phi) is 4.04. The molecule has 0 heterocycles. The van der Waals surface area contributed by atoms with Gasteiger partial charge in [0, 0.05) is 0 Å². The van der Waals surface area contributed by atoms with Crippen molar-refractivity contribution in [1.29, 1.82) is 0 Å². The van der Waals surface area contributed by atoms with Gasteiger partial charge in [-0.25, -0.2) is 0 Å². The van der Waals surface area contributed by atoms with Gasteiger partial charge in [0.1, 0.15) is 0 Å². The van der Waals surface area contributed by atoms with Crippen LogP contribution in [-0.4, -0.2) is 38.6 Å². The highest BCUT2D eigenvalue weighted by Gasteiger charge is 2.38. The fraction of sp³-hybridized carbons (Fsp3) is 1.00. The molecule has 3 unspecified atom stereocenters. The van der Waals surface area contributed by atoms with Gasteiger partial charge in [0.25, 0.3) is 0 Å². The first-order valence-corrected chi connectivity index (χ1v) is 6.61. The minimum atomic E-state index is 1.02. The van der Waals surface area contributed by atoms with Crippen LogP contribution in [0.5, 0.6) is 0 Å². The van der Waals surface area contributed by atoms with Gasteiger partial charge in [-0.2, -0.15) is 0 Å². The molecule has 2 bridgehead atoms. The Balaban J connectivity index is 1.51. The summed E-state index contributed by atoms with van der Waals surface area (Å²) in [6, 6.07) is 0. The smallest absolute Gasteiger partial charge is 0.00127 e. The van der Waals surface area contributed by atoms with Gasteiger partial charge in [-0.1, -0.05) is 6.42 Å². The molecule has 0 aromatic heterocycles. The zero-order valence-corrected chi connectivity index (χ0v) is 10.3. The predicted molar refractivity (Wildman–Crippen MR) is 65.0 cm³/mol. The number of fused-ring (bicyclic) bond motifs is 2. The Hall–Kier alpha value is -0.0800. The second kappa shape index (κ2) is 5.31. The summed E-state index contributed by atoms with van der Waals surface area (Å²) in [5.74, 6) is 3.20. The lowest BCUT2D eigenvalue weighted by atomic mass is 9.89. The molecule has 2 aliphatic carbocycles. The SMILES string of the molecule is CN(C)CCCNCC1CC2CCC1C2. The van der Waals surface area contributed by atoms with E-state index in [9.17, 15) is 0 Å². The highest BCUT2D eigenvalue weighted by molar-refractivity contribution is 4.90. The van der Waals surface area contributed by atoms with E-state index in [1.54, 1.807) is 6.42 Å². The maximum Gasteiger partial charge on any atom is -0.00127 e. The van der Waals surface area contributed by atoms with Crippen LogP contribution in [0.2, 0.25) is 0 Å². The van der Waals surface area contributed by atoms with Crippen LogP contribution >= 0.6 is 0 Å². The summed E-state index contributed by atoms with van der Waals surface area (Å²) in [6.07, 6.45) is 7.40. The van der Waals surface area contributed by atoms with Crippen molar-refractivity contribution in [2.45, 2.75) is 32.1 Å². The van der Waals surface area contributed by atoms with Crippen LogP contribution < -0.4 is 5.32 Å². The van der Waals surface area contributed by atoms with Gasteiger partial charge < -0.3 is 10.2 Å². The molecule has 0 spiro atoms. The lowest BCUT2D eigenvalue weighted by Crippen LogP contribution is -2.28. The molecule has 0 aromatic carbocycles. The third-order valence-corrected chi connectivity index (χ3v) is 4.25. The molecule has 0 amide bonds. The Labute approximate surface area is 94.4 Å². The lowest BCUT2D eigenvalue weighted by molar-refractivity contribution is 0.314. The van der Waals surface area contributed by atoms with Gasteiger partial charge in [0.05, 0.1) is 0 Å². The van der Waals surface area contributed by atoms with Crippen molar-refractivity contribution in [2.75, 3.05) is 33.7 Å². The Bertz CT molecular complexity index is 191. The van der Waals surface area contributed by atoms with E-state index in [-0.39, 0.29) is 0 Å². The third-order valence-electron chi connectivity index (χ3n) is 4.25. The van der Waals surface area contributed by atoms with Crippen LogP contribution in [0.25, 0.3) is 0 Å². The fourth-order valence-corrected chi connectivity index (χ4v) is 3.43. The molecule has 88 valence electrons. The van der Waals surface area contributed by atoms with E-state index >= 15 is 0 Å². The largest absolute Gasteiger partial charge is 0.316 e. The standard InChI is InChI=1S/C13H26N2/c1-15(2)7-3-6-14-10-13-9-11-4-5-12(13)8-11/h11-14H,3-10H2,1-2H3. The van der Waals surface area contributed by atoms with Crippen LogP contribution in [0.4, 0.5) is 0 Å². The van der Waals surface area contributed by atoms with Crippen molar-refractivity contribution in [3.63, 3.8) is 0 Å². The molecular weight excluding hydrogens is 184 g/mol. The number of nitrogens with zero attached hydrogens (tertiary/aromatic N) is 1. The van der Waals surface area contributed by atoms with E-state index in [2.05, 4.69) is 24.3 Å². The van der Waals surface area contributed by atoms with Crippen LogP contribution in [-0.2, 0) is 0 Å². The van der Waals surface area contributed by atoms with E-state index in [0.29, 0.717) is 0 Å². The maximum atomic E-state index is 3.64. The number of rotatable bonds is 6. The Morgan fingerprint density at radius 1 is 1.20 bits per heavy atom. The van der Waals surface area contributed by atoms with Crippen molar-refractivity contribution >= 4 is 0 Å². The van der Waals surface area contributed by atoms with Crippen LogP contribution in [0.15, 0.2) is 0 Å². The third kappa shape index (κ3) is 3.18. The van der Waals surface area contributed by atoms with Gasteiger partial charge >= 0.3 is 0 Å². The summed E-state index contributed by atoms with van der Waals surface area (Å²) < 4.78 is 0. The molecule has 0 saturated heterocycles. The normalized spacial score (nSPS) is 34.2. The monoisotopic (exact) mass is 210 g/mol. The predicted octanol–water partition coefficient (Wildman–Crippen LogP) is 1.96. The first kappa shape index (κ1) is 11.4. The van der Waals surface area contributed by atoms with Gasteiger partial charge in [0.15, 0.2) is 0 Å². The molecule has 0 aromatic rings. The fourth-order valence-electron chi connectivity index (χ4n) is 3.43. The van der Waals surface area contributed by atoms with Crippen molar-refractivity contribution < 1.29 is 0 Å². The highest BCUT2D eigenvalue weighted by atomic mass is 15.1. The summed E-state index contributed by atoms with van der Waals surface area (Å²) in [7, 11) is 4.30.